The van der Waals surface area contributed by atoms with Gasteiger partial charge in [-0.05, 0) is 48.9 Å². The van der Waals surface area contributed by atoms with Crippen molar-refractivity contribution in [2.45, 2.75) is 6.92 Å². The summed E-state index contributed by atoms with van der Waals surface area (Å²) in [7, 11) is 1.59. The van der Waals surface area contributed by atoms with E-state index in [2.05, 4.69) is 5.32 Å². The number of ether oxygens (including phenoxy) is 1. The van der Waals surface area contributed by atoms with Gasteiger partial charge in [0, 0.05) is 5.69 Å². The summed E-state index contributed by atoms with van der Waals surface area (Å²) in [5.41, 5.74) is 1.76. The molecule has 104 valence electrons. The minimum atomic E-state index is -0.379. The van der Waals surface area contributed by atoms with Gasteiger partial charge in [-0.1, -0.05) is 11.6 Å². The van der Waals surface area contributed by atoms with Gasteiger partial charge in [0.05, 0.1) is 17.7 Å². The van der Waals surface area contributed by atoms with Crippen LogP contribution in [-0.4, -0.2) is 18.1 Å². The molecule has 2 rings (SSSR count). The highest BCUT2D eigenvalue weighted by Gasteiger charge is 2.12. The lowest BCUT2D eigenvalue weighted by Gasteiger charge is -2.10. The highest BCUT2D eigenvalue weighted by atomic mass is 35.5. The molecule has 20 heavy (non-hydrogen) atoms. The van der Waals surface area contributed by atoms with Crippen LogP contribution >= 0.6 is 11.6 Å². The van der Waals surface area contributed by atoms with Crippen LogP contribution in [0, 0.1) is 6.92 Å². The average molecular weight is 292 g/mol. The van der Waals surface area contributed by atoms with Gasteiger partial charge < -0.3 is 15.2 Å². The Hall–Kier alpha value is -2.20. The fourth-order valence-electron chi connectivity index (χ4n) is 1.84. The average Bonchev–Trinajstić information content (AvgIpc) is 2.41. The van der Waals surface area contributed by atoms with Crippen LogP contribution < -0.4 is 10.1 Å². The molecule has 0 spiro atoms. The van der Waals surface area contributed by atoms with E-state index in [0.717, 1.165) is 11.3 Å². The van der Waals surface area contributed by atoms with E-state index in [1.54, 1.807) is 25.3 Å². The summed E-state index contributed by atoms with van der Waals surface area (Å²) in [6.45, 7) is 1.88. The quantitative estimate of drug-likeness (QED) is 0.908. The first-order chi connectivity index (χ1) is 9.51. The molecular formula is C15H14ClNO3. The molecule has 1 amide bonds. The lowest BCUT2D eigenvalue weighted by molar-refractivity contribution is 0.102. The van der Waals surface area contributed by atoms with E-state index < -0.39 is 0 Å². The molecule has 4 nitrogen and oxygen atoms in total. The Morgan fingerprint density at radius 2 is 2.00 bits per heavy atom. The topological polar surface area (TPSA) is 58.6 Å². The van der Waals surface area contributed by atoms with E-state index in [4.69, 9.17) is 16.3 Å². The van der Waals surface area contributed by atoms with E-state index in [9.17, 15) is 9.90 Å². The smallest absolute Gasteiger partial charge is 0.257 e. The molecule has 0 saturated heterocycles. The Morgan fingerprint density at radius 1 is 1.25 bits per heavy atom. The summed E-state index contributed by atoms with van der Waals surface area (Å²) in [5, 5.41) is 12.4. The predicted molar refractivity (Wildman–Crippen MR) is 78.8 cm³/mol. The number of halogens is 1. The Kier molecular flexibility index (Phi) is 4.15. The molecule has 0 atom stereocenters. The van der Waals surface area contributed by atoms with Gasteiger partial charge in [0.1, 0.15) is 11.5 Å². The summed E-state index contributed by atoms with van der Waals surface area (Å²) >= 11 is 5.94. The van der Waals surface area contributed by atoms with E-state index >= 15 is 0 Å². The number of phenolic OH excluding ortho intramolecular Hbond substituents is 1. The van der Waals surface area contributed by atoms with Crippen LogP contribution in [0.25, 0.3) is 0 Å². The molecule has 5 heteroatoms. The number of carbonyl (C=O) groups excluding carboxylic acids is 1. The summed E-state index contributed by atoms with van der Waals surface area (Å²) in [6, 6.07) is 9.54. The van der Waals surface area contributed by atoms with Crippen LogP contribution in [0.5, 0.6) is 11.5 Å². The van der Waals surface area contributed by atoms with Crippen molar-refractivity contribution >= 4 is 23.2 Å². The van der Waals surface area contributed by atoms with Gasteiger partial charge in [-0.2, -0.15) is 0 Å². The third kappa shape index (κ3) is 3.03. The van der Waals surface area contributed by atoms with Gasteiger partial charge in [0.25, 0.3) is 5.91 Å². The van der Waals surface area contributed by atoms with Crippen molar-refractivity contribution in [3.8, 4) is 11.5 Å². The van der Waals surface area contributed by atoms with Crippen LogP contribution in [0.4, 0.5) is 5.69 Å². The molecule has 2 aromatic rings. The fourth-order valence-corrected chi connectivity index (χ4v) is 2.05. The number of hydrogen-bond acceptors (Lipinski definition) is 3. The Labute approximate surface area is 122 Å². The van der Waals surface area contributed by atoms with Crippen molar-refractivity contribution in [3.63, 3.8) is 0 Å². The first kappa shape index (κ1) is 14.2. The third-order valence-electron chi connectivity index (χ3n) is 2.85. The van der Waals surface area contributed by atoms with Crippen molar-refractivity contribution in [1.82, 2.24) is 0 Å². The fraction of sp³-hybridized carbons (Fsp3) is 0.133. The molecule has 0 fully saturated rings. The molecule has 2 aromatic carbocycles. The van der Waals surface area contributed by atoms with Gasteiger partial charge >= 0.3 is 0 Å². The lowest BCUT2D eigenvalue weighted by Crippen LogP contribution is -2.12. The number of benzene rings is 2. The van der Waals surface area contributed by atoms with Crippen molar-refractivity contribution < 1.29 is 14.6 Å². The van der Waals surface area contributed by atoms with Crippen molar-refractivity contribution in [3.05, 3.63) is 52.5 Å². The van der Waals surface area contributed by atoms with Gasteiger partial charge in [-0.15, -0.1) is 0 Å². The lowest BCUT2D eigenvalue weighted by atomic mass is 10.1. The summed E-state index contributed by atoms with van der Waals surface area (Å²) in [4.78, 5) is 12.1. The second-order valence-corrected chi connectivity index (χ2v) is 4.71. The normalized spacial score (nSPS) is 10.2. The number of methoxy groups -OCH3 is 1. The number of carbonyl (C=O) groups is 1. The van der Waals surface area contributed by atoms with Gasteiger partial charge in [-0.3, -0.25) is 4.79 Å². The second-order valence-electron chi connectivity index (χ2n) is 4.30. The van der Waals surface area contributed by atoms with Crippen molar-refractivity contribution in [2.24, 2.45) is 0 Å². The molecule has 0 aromatic heterocycles. The largest absolute Gasteiger partial charge is 0.508 e. The maximum atomic E-state index is 12.1. The first-order valence-electron chi connectivity index (χ1n) is 5.96. The molecule has 0 radical (unpaired) electrons. The summed E-state index contributed by atoms with van der Waals surface area (Å²) in [5.74, 6) is 0.360. The molecule has 0 unspecified atom stereocenters. The maximum Gasteiger partial charge on any atom is 0.257 e. The third-order valence-corrected chi connectivity index (χ3v) is 3.18. The minimum absolute atomic E-state index is 0.00883. The van der Waals surface area contributed by atoms with Crippen LogP contribution in [0.1, 0.15) is 15.9 Å². The molecule has 0 saturated carbocycles. The number of phenols is 1. The molecule has 0 aliphatic heterocycles. The number of aromatic hydroxyl groups is 1. The maximum absolute atomic E-state index is 12.1. The number of anilines is 1. The second kappa shape index (κ2) is 5.84. The van der Waals surface area contributed by atoms with E-state index in [1.165, 1.54) is 18.2 Å². The molecule has 0 aliphatic carbocycles. The summed E-state index contributed by atoms with van der Waals surface area (Å²) in [6.07, 6.45) is 0. The monoisotopic (exact) mass is 291 g/mol. The Morgan fingerprint density at radius 3 is 2.65 bits per heavy atom. The predicted octanol–water partition coefficient (Wildman–Crippen LogP) is 3.61. The van der Waals surface area contributed by atoms with Crippen LogP contribution in [0.3, 0.4) is 0 Å². The molecule has 0 bridgehead atoms. The molecular weight excluding hydrogens is 278 g/mol. The Balaban J connectivity index is 2.23. The number of nitrogens with one attached hydrogen (secondary N) is 1. The van der Waals surface area contributed by atoms with Gasteiger partial charge in [-0.25, -0.2) is 0 Å². The molecule has 0 heterocycles. The first-order valence-corrected chi connectivity index (χ1v) is 6.33. The van der Waals surface area contributed by atoms with Crippen LogP contribution in [0.2, 0.25) is 5.02 Å². The number of rotatable bonds is 3. The van der Waals surface area contributed by atoms with E-state index in [0.29, 0.717) is 5.69 Å². The zero-order valence-corrected chi connectivity index (χ0v) is 11.9. The summed E-state index contributed by atoms with van der Waals surface area (Å²) < 4.78 is 5.16. The standard InChI is InChI=1S/C15H14ClNO3/c1-9-7-10(3-6-14(9)20-2)17-15(19)12-8-11(18)4-5-13(12)16/h3-8,18H,1-2H3,(H,17,19). The van der Waals surface area contributed by atoms with Crippen molar-refractivity contribution in [1.29, 1.82) is 0 Å². The zero-order valence-electron chi connectivity index (χ0n) is 11.1. The molecule has 0 aliphatic rings. The highest BCUT2D eigenvalue weighted by molar-refractivity contribution is 6.34. The van der Waals surface area contributed by atoms with Crippen LogP contribution in [-0.2, 0) is 0 Å². The Bertz CT molecular complexity index is 656. The number of amides is 1. The zero-order chi connectivity index (χ0) is 14.7. The number of aryl methyl sites for hydroxylation is 1. The van der Waals surface area contributed by atoms with Crippen LogP contribution in [0.15, 0.2) is 36.4 Å². The molecule has 2 N–H and O–H groups in total. The highest BCUT2D eigenvalue weighted by Crippen LogP contribution is 2.24. The van der Waals surface area contributed by atoms with E-state index in [1.807, 2.05) is 6.92 Å². The SMILES string of the molecule is COc1ccc(NC(=O)c2cc(O)ccc2Cl)cc1C. The minimum Gasteiger partial charge on any atom is -0.508 e. The van der Waals surface area contributed by atoms with E-state index in [-0.39, 0.29) is 22.2 Å². The van der Waals surface area contributed by atoms with Gasteiger partial charge in [0.15, 0.2) is 0 Å². The van der Waals surface area contributed by atoms with Crippen molar-refractivity contribution in [2.75, 3.05) is 12.4 Å². The van der Waals surface area contributed by atoms with Gasteiger partial charge in [0.2, 0.25) is 0 Å². The number of hydrogen-bond donors (Lipinski definition) is 2.